The zero-order valence-electron chi connectivity index (χ0n) is 17.2. The Morgan fingerprint density at radius 3 is 2.39 bits per heavy atom. The van der Waals surface area contributed by atoms with Gasteiger partial charge in [0.1, 0.15) is 24.4 Å². The van der Waals surface area contributed by atoms with Gasteiger partial charge in [0.2, 0.25) is 11.8 Å². The van der Waals surface area contributed by atoms with Crippen molar-refractivity contribution in [2.75, 3.05) is 6.61 Å². The molecule has 0 unspecified atom stereocenters. The smallest absolute Gasteiger partial charge is 0.251 e. The number of nitrogens with zero attached hydrogens (tertiary/aromatic N) is 1. The van der Waals surface area contributed by atoms with Gasteiger partial charge in [0.05, 0.1) is 17.6 Å². The van der Waals surface area contributed by atoms with Crippen molar-refractivity contribution in [3.63, 3.8) is 0 Å². The van der Waals surface area contributed by atoms with E-state index in [-0.39, 0.29) is 22.4 Å². The summed E-state index contributed by atoms with van der Waals surface area (Å²) in [5.74, 6) is 0.0703. The van der Waals surface area contributed by atoms with E-state index in [1.165, 1.54) is 16.7 Å². The van der Waals surface area contributed by atoms with Crippen LogP contribution < -0.4 is 15.9 Å². The van der Waals surface area contributed by atoms with Gasteiger partial charge in [0.15, 0.2) is 5.75 Å². The minimum Gasteiger partial charge on any atom is -0.458 e. The molecule has 1 aromatic carbocycles. The lowest BCUT2D eigenvalue weighted by Gasteiger charge is -2.39. The van der Waals surface area contributed by atoms with Gasteiger partial charge in [-0.25, -0.2) is 0 Å². The maximum atomic E-state index is 12.5. The fourth-order valence-electron chi connectivity index (χ4n) is 4.02. The summed E-state index contributed by atoms with van der Waals surface area (Å²) in [4.78, 5) is 27.4. The SMILES string of the molecule is Cc1cc(=O)[nH]c2c(O[C@@H]3O[C@H](CO)[C@@H](O)[C@H](O)[C@H]3O)c3c(cc12)c(C)cc(=O)n3C. The number of hydrogen-bond acceptors (Lipinski definition) is 8. The summed E-state index contributed by atoms with van der Waals surface area (Å²) in [5, 5.41) is 41.4. The molecular formula is C21H24N2O8. The molecular weight excluding hydrogens is 408 g/mol. The predicted octanol–water partition coefficient (Wildman–Crippen LogP) is -0.824. The Bertz CT molecular complexity index is 1280. The molecule has 166 valence electrons. The number of benzene rings is 1. The lowest BCUT2D eigenvalue weighted by molar-refractivity contribution is -0.277. The second-order valence-corrected chi connectivity index (χ2v) is 7.88. The van der Waals surface area contributed by atoms with E-state index in [0.29, 0.717) is 27.4 Å². The number of H-pyrrole nitrogens is 1. The molecule has 31 heavy (non-hydrogen) atoms. The zero-order chi connectivity index (χ0) is 22.6. The molecule has 1 fully saturated rings. The van der Waals surface area contributed by atoms with Gasteiger partial charge in [0.25, 0.3) is 5.56 Å². The van der Waals surface area contributed by atoms with Crippen molar-refractivity contribution < 1.29 is 29.9 Å². The molecule has 3 heterocycles. The predicted molar refractivity (Wildman–Crippen MR) is 111 cm³/mol. The number of rotatable bonds is 3. The van der Waals surface area contributed by atoms with Crippen LogP contribution in [0.2, 0.25) is 0 Å². The first-order valence-electron chi connectivity index (χ1n) is 9.78. The number of aliphatic hydroxyl groups excluding tert-OH is 4. The molecule has 1 aliphatic heterocycles. The summed E-state index contributed by atoms with van der Waals surface area (Å²) in [5.41, 5.74) is 1.31. The summed E-state index contributed by atoms with van der Waals surface area (Å²) in [7, 11) is 1.55. The molecule has 2 aromatic heterocycles. The first-order valence-corrected chi connectivity index (χ1v) is 9.78. The molecule has 5 atom stereocenters. The molecule has 0 amide bonds. The van der Waals surface area contributed by atoms with Crippen molar-refractivity contribution in [3.05, 3.63) is 50.0 Å². The maximum Gasteiger partial charge on any atom is 0.251 e. The molecule has 1 aliphatic rings. The molecule has 3 aromatic rings. The van der Waals surface area contributed by atoms with Gasteiger partial charge in [-0.15, -0.1) is 0 Å². The van der Waals surface area contributed by atoms with Crippen LogP contribution in [0.15, 0.2) is 27.8 Å². The quantitative estimate of drug-likeness (QED) is 0.336. The molecule has 1 saturated heterocycles. The molecule has 0 aliphatic carbocycles. The van der Waals surface area contributed by atoms with Crippen LogP contribution in [0.4, 0.5) is 0 Å². The van der Waals surface area contributed by atoms with E-state index in [0.717, 1.165) is 0 Å². The van der Waals surface area contributed by atoms with Crippen molar-refractivity contribution in [2.24, 2.45) is 7.05 Å². The Morgan fingerprint density at radius 1 is 1.03 bits per heavy atom. The number of aliphatic hydroxyl groups is 4. The highest BCUT2D eigenvalue weighted by molar-refractivity contribution is 6.04. The van der Waals surface area contributed by atoms with Crippen LogP contribution in [0, 0.1) is 13.8 Å². The maximum absolute atomic E-state index is 12.5. The Kier molecular flexibility index (Phi) is 5.36. The summed E-state index contributed by atoms with van der Waals surface area (Å²) in [6.45, 7) is 2.92. The van der Waals surface area contributed by atoms with Crippen molar-refractivity contribution in [3.8, 4) is 5.75 Å². The standard InChI is InChI=1S/C21H24N2O8/c1-8-4-13(25)22-15-10(8)6-11-9(2)5-14(26)23(3)16(11)20(15)31-21-19(29)18(28)17(27)12(7-24)30-21/h4-6,12,17-19,21,24,27-29H,7H2,1-3H3,(H,22,25)/t12-,17-,18+,19-,21+/m1/s1. The molecule has 4 rings (SSSR count). The van der Waals surface area contributed by atoms with Gasteiger partial charge in [-0.05, 0) is 31.0 Å². The molecule has 0 saturated carbocycles. The average Bonchev–Trinajstić information content (AvgIpc) is 2.72. The minimum atomic E-state index is -1.65. The van der Waals surface area contributed by atoms with Crippen molar-refractivity contribution in [1.82, 2.24) is 9.55 Å². The summed E-state index contributed by atoms with van der Waals surface area (Å²) >= 11 is 0. The topological polar surface area (TPSA) is 154 Å². The van der Waals surface area contributed by atoms with E-state index in [1.54, 1.807) is 20.9 Å². The fourth-order valence-corrected chi connectivity index (χ4v) is 4.02. The van der Waals surface area contributed by atoms with E-state index in [1.807, 2.05) is 6.07 Å². The van der Waals surface area contributed by atoms with Gasteiger partial charge < -0.3 is 39.5 Å². The monoisotopic (exact) mass is 432 g/mol. The molecule has 0 radical (unpaired) electrons. The Morgan fingerprint density at radius 2 is 1.71 bits per heavy atom. The van der Waals surface area contributed by atoms with Crippen molar-refractivity contribution in [2.45, 2.75) is 44.6 Å². The number of aryl methyl sites for hydroxylation is 3. The van der Waals surface area contributed by atoms with Crippen LogP contribution in [-0.2, 0) is 11.8 Å². The van der Waals surface area contributed by atoms with Crippen LogP contribution in [0.25, 0.3) is 21.8 Å². The van der Waals surface area contributed by atoms with E-state index in [2.05, 4.69) is 4.98 Å². The van der Waals surface area contributed by atoms with Crippen LogP contribution in [0.5, 0.6) is 5.75 Å². The average molecular weight is 432 g/mol. The van der Waals surface area contributed by atoms with Crippen molar-refractivity contribution in [1.29, 1.82) is 0 Å². The Labute approximate surface area is 175 Å². The highest BCUT2D eigenvalue weighted by atomic mass is 16.7. The van der Waals surface area contributed by atoms with Crippen LogP contribution >= 0.6 is 0 Å². The Hall–Kier alpha value is -2.76. The van der Waals surface area contributed by atoms with E-state index in [4.69, 9.17) is 9.47 Å². The van der Waals surface area contributed by atoms with Gasteiger partial charge >= 0.3 is 0 Å². The minimum absolute atomic E-state index is 0.0703. The third-order valence-corrected chi connectivity index (χ3v) is 5.79. The number of ether oxygens (including phenoxy) is 2. The van der Waals surface area contributed by atoms with E-state index >= 15 is 0 Å². The summed E-state index contributed by atoms with van der Waals surface area (Å²) in [6.07, 6.45) is -7.48. The molecule has 5 N–H and O–H groups in total. The molecule has 0 spiro atoms. The largest absolute Gasteiger partial charge is 0.458 e. The zero-order valence-corrected chi connectivity index (χ0v) is 17.2. The van der Waals surface area contributed by atoms with Gasteiger partial charge in [-0.1, -0.05) is 0 Å². The molecule has 0 bridgehead atoms. The first-order chi connectivity index (χ1) is 14.6. The number of pyridine rings is 2. The van der Waals surface area contributed by atoms with E-state index < -0.39 is 37.3 Å². The number of nitrogens with one attached hydrogen (secondary N) is 1. The van der Waals surface area contributed by atoms with Crippen LogP contribution in [0.3, 0.4) is 0 Å². The third-order valence-electron chi connectivity index (χ3n) is 5.79. The van der Waals surface area contributed by atoms with Gasteiger partial charge in [-0.2, -0.15) is 0 Å². The second-order valence-electron chi connectivity index (χ2n) is 7.88. The number of fused-ring (bicyclic) bond motifs is 2. The lowest BCUT2D eigenvalue weighted by Crippen LogP contribution is -2.60. The summed E-state index contributed by atoms with van der Waals surface area (Å²) < 4.78 is 12.8. The van der Waals surface area contributed by atoms with E-state index in [9.17, 15) is 30.0 Å². The highest BCUT2D eigenvalue weighted by Gasteiger charge is 2.45. The normalized spacial score (nSPS) is 26.5. The summed E-state index contributed by atoms with van der Waals surface area (Å²) in [6, 6.07) is 4.75. The first kappa shape index (κ1) is 21.5. The molecule has 10 nitrogen and oxygen atoms in total. The van der Waals surface area contributed by atoms with Crippen molar-refractivity contribution >= 4 is 21.8 Å². The lowest BCUT2D eigenvalue weighted by atomic mass is 9.99. The van der Waals surface area contributed by atoms with Crippen LogP contribution in [0.1, 0.15) is 11.1 Å². The second kappa shape index (κ2) is 7.74. The Balaban J connectivity index is 2.01. The van der Waals surface area contributed by atoms with Crippen LogP contribution in [-0.4, -0.2) is 67.3 Å². The number of aromatic nitrogens is 2. The molecule has 10 heteroatoms. The van der Waals surface area contributed by atoms with Gasteiger partial charge in [-0.3, -0.25) is 9.59 Å². The highest BCUT2D eigenvalue weighted by Crippen LogP contribution is 2.37. The fraction of sp³-hybridized carbons (Fsp3) is 0.429. The van der Waals surface area contributed by atoms with Gasteiger partial charge in [0, 0.05) is 30.0 Å². The number of hydrogen-bond donors (Lipinski definition) is 5. The third kappa shape index (κ3) is 3.42. The number of aromatic amines is 1.